The molecule has 5 rings (SSSR count). The maximum absolute atomic E-state index is 13.8. The normalized spacial score (nSPS) is 21.1. The maximum atomic E-state index is 13.8. The molecule has 3 aromatic rings. The second kappa shape index (κ2) is 8.75. The van der Waals surface area contributed by atoms with E-state index < -0.39 is 23.5 Å². The lowest BCUT2D eigenvalue weighted by molar-refractivity contribution is -0.137. The van der Waals surface area contributed by atoms with Crippen LogP contribution in [0.4, 0.5) is 17.6 Å². The van der Waals surface area contributed by atoms with Crippen LogP contribution >= 0.6 is 11.3 Å². The summed E-state index contributed by atoms with van der Waals surface area (Å²) in [5.41, 5.74) is -0.174. The van der Waals surface area contributed by atoms with Gasteiger partial charge in [-0.05, 0) is 61.1 Å². The first-order valence-electron chi connectivity index (χ1n) is 11.1. The molecule has 0 radical (unpaired) electrons. The minimum atomic E-state index is -4.54. The molecule has 1 aliphatic heterocycles. The van der Waals surface area contributed by atoms with Crippen LogP contribution in [0.15, 0.2) is 48.5 Å². The number of hydrogen-bond donors (Lipinski definition) is 1. The van der Waals surface area contributed by atoms with Gasteiger partial charge in [-0.15, -0.1) is 11.3 Å². The van der Waals surface area contributed by atoms with Crippen molar-refractivity contribution in [2.75, 3.05) is 13.1 Å². The van der Waals surface area contributed by atoms with E-state index in [1.54, 1.807) is 24.0 Å². The number of halogens is 4. The van der Waals surface area contributed by atoms with Crippen LogP contribution in [0.5, 0.6) is 0 Å². The number of nitrogens with zero attached hydrogens (tertiary/aromatic N) is 2. The number of thiazole rings is 1. The number of carbonyl (C=O) groups is 2. The molecule has 1 N–H and O–H groups in total. The van der Waals surface area contributed by atoms with Crippen molar-refractivity contribution in [1.29, 1.82) is 0 Å². The highest BCUT2D eigenvalue weighted by Gasteiger charge is 2.54. The third-order valence-electron chi connectivity index (χ3n) is 6.51. The van der Waals surface area contributed by atoms with Gasteiger partial charge in [0.1, 0.15) is 11.5 Å². The van der Waals surface area contributed by atoms with Crippen molar-refractivity contribution >= 4 is 23.2 Å². The lowest BCUT2D eigenvalue weighted by atomic mass is 10.1. The van der Waals surface area contributed by atoms with Crippen LogP contribution in [0.25, 0.3) is 10.4 Å². The Morgan fingerprint density at radius 1 is 1.17 bits per heavy atom. The molecule has 1 saturated heterocycles. The molecule has 5 nitrogen and oxygen atoms in total. The standard InChI is InChI=1S/C25H21F4N3O2S/c1-13-31-21(22(35-13)14-4-3-7-18(26)9-14)24(34)32-12-16-10-19(16)20(32)11-30-23(33)15-5-2-6-17(8-15)25(27,28)29/h2-9,16,19-20H,10-12H2,1H3,(H,30,33). The molecule has 2 aliphatic rings. The van der Waals surface area contributed by atoms with Crippen molar-refractivity contribution in [2.45, 2.75) is 25.6 Å². The Kier molecular flexibility index (Phi) is 5.86. The smallest absolute Gasteiger partial charge is 0.350 e. The first kappa shape index (κ1) is 23.5. The van der Waals surface area contributed by atoms with Gasteiger partial charge in [0.05, 0.1) is 21.5 Å². The number of aryl methyl sites for hydroxylation is 1. The quantitative estimate of drug-likeness (QED) is 0.489. The highest BCUT2D eigenvalue weighted by Crippen LogP contribution is 2.50. The summed E-state index contributed by atoms with van der Waals surface area (Å²) in [5, 5.41) is 3.38. The lowest BCUT2D eigenvalue weighted by Gasteiger charge is -2.27. The predicted molar refractivity (Wildman–Crippen MR) is 122 cm³/mol. The van der Waals surface area contributed by atoms with Crippen LogP contribution in [-0.4, -0.2) is 40.8 Å². The average molecular weight is 504 g/mol. The Hall–Kier alpha value is -3.27. The third kappa shape index (κ3) is 4.67. The number of carbonyl (C=O) groups excluding carboxylic acids is 2. The number of piperidine rings is 1. The number of amides is 2. The van der Waals surface area contributed by atoms with Crippen molar-refractivity contribution in [1.82, 2.24) is 15.2 Å². The zero-order valence-electron chi connectivity index (χ0n) is 18.6. The number of likely N-dealkylation sites (tertiary alicyclic amines) is 1. The van der Waals surface area contributed by atoms with E-state index in [1.165, 1.54) is 35.6 Å². The molecular weight excluding hydrogens is 482 g/mol. The Bertz CT molecular complexity index is 1310. The highest BCUT2D eigenvalue weighted by atomic mass is 32.1. The van der Waals surface area contributed by atoms with Gasteiger partial charge in [-0.3, -0.25) is 9.59 Å². The molecule has 1 saturated carbocycles. The predicted octanol–water partition coefficient (Wildman–Crippen LogP) is 5.17. The average Bonchev–Trinajstić information content (AvgIpc) is 3.33. The Morgan fingerprint density at radius 3 is 2.69 bits per heavy atom. The number of benzene rings is 2. The van der Waals surface area contributed by atoms with Crippen molar-refractivity contribution in [3.05, 3.63) is 76.2 Å². The molecule has 182 valence electrons. The molecule has 0 spiro atoms. The van der Waals surface area contributed by atoms with Crippen molar-refractivity contribution in [2.24, 2.45) is 11.8 Å². The van der Waals surface area contributed by atoms with Gasteiger partial charge in [0.2, 0.25) is 0 Å². The fourth-order valence-electron chi connectivity index (χ4n) is 4.74. The summed E-state index contributed by atoms with van der Waals surface area (Å²) < 4.78 is 52.8. The van der Waals surface area contributed by atoms with Gasteiger partial charge >= 0.3 is 6.18 Å². The molecule has 2 amide bonds. The number of fused-ring (bicyclic) bond motifs is 1. The fraction of sp³-hybridized carbons (Fsp3) is 0.320. The number of alkyl halides is 3. The van der Waals surface area contributed by atoms with Crippen LogP contribution in [0.3, 0.4) is 0 Å². The van der Waals surface area contributed by atoms with E-state index in [0.717, 1.165) is 18.6 Å². The van der Waals surface area contributed by atoms with E-state index in [-0.39, 0.29) is 35.7 Å². The molecule has 2 heterocycles. The van der Waals surface area contributed by atoms with E-state index in [2.05, 4.69) is 10.3 Å². The first-order valence-corrected chi connectivity index (χ1v) is 11.9. The third-order valence-corrected chi connectivity index (χ3v) is 7.53. The van der Waals surface area contributed by atoms with Crippen molar-refractivity contribution in [3.8, 4) is 10.4 Å². The molecule has 0 bridgehead atoms. The largest absolute Gasteiger partial charge is 0.416 e. The van der Waals surface area contributed by atoms with Gasteiger partial charge in [-0.25, -0.2) is 9.37 Å². The molecular formula is C25H21F4N3O2S. The second-order valence-electron chi connectivity index (χ2n) is 8.89. The highest BCUT2D eigenvalue weighted by molar-refractivity contribution is 7.15. The Balaban J connectivity index is 1.34. The van der Waals surface area contributed by atoms with Gasteiger partial charge in [0, 0.05) is 18.7 Å². The van der Waals surface area contributed by atoms with Gasteiger partial charge < -0.3 is 10.2 Å². The van der Waals surface area contributed by atoms with Crippen molar-refractivity contribution < 1.29 is 27.2 Å². The maximum Gasteiger partial charge on any atom is 0.416 e. The van der Waals surface area contributed by atoms with E-state index >= 15 is 0 Å². The minimum Gasteiger partial charge on any atom is -0.350 e. The van der Waals surface area contributed by atoms with Crippen LogP contribution < -0.4 is 5.32 Å². The molecule has 3 unspecified atom stereocenters. The van der Waals surface area contributed by atoms with E-state index in [4.69, 9.17) is 0 Å². The molecule has 3 atom stereocenters. The van der Waals surface area contributed by atoms with E-state index in [1.807, 2.05) is 0 Å². The van der Waals surface area contributed by atoms with Crippen LogP contribution in [0, 0.1) is 24.6 Å². The monoisotopic (exact) mass is 503 g/mol. The zero-order chi connectivity index (χ0) is 24.9. The minimum absolute atomic E-state index is 0.0911. The summed E-state index contributed by atoms with van der Waals surface area (Å²) in [6, 6.07) is 9.94. The number of rotatable bonds is 5. The molecule has 10 heteroatoms. The van der Waals surface area contributed by atoms with Gasteiger partial charge in [0.25, 0.3) is 11.8 Å². The number of aromatic nitrogens is 1. The Labute approximate surface area is 202 Å². The molecule has 1 aliphatic carbocycles. The summed E-state index contributed by atoms with van der Waals surface area (Å²) in [6.45, 7) is 2.42. The first-order chi connectivity index (χ1) is 16.6. The SMILES string of the molecule is Cc1nc(C(=O)N2CC3CC3C2CNC(=O)c2cccc(C(F)(F)F)c2)c(-c2cccc(F)c2)s1. The zero-order valence-corrected chi connectivity index (χ0v) is 19.4. The number of nitrogens with one attached hydrogen (secondary N) is 1. The summed E-state index contributed by atoms with van der Waals surface area (Å²) in [6.07, 6.45) is -3.61. The molecule has 35 heavy (non-hydrogen) atoms. The summed E-state index contributed by atoms with van der Waals surface area (Å²) in [7, 11) is 0. The van der Waals surface area contributed by atoms with E-state index in [9.17, 15) is 27.2 Å². The molecule has 2 fully saturated rings. The topological polar surface area (TPSA) is 62.3 Å². The summed E-state index contributed by atoms with van der Waals surface area (Å²) in [4.78, 5) is 32.8. The van der Waals surface area contributed by atoms with Crippen molar-refractivity contribution in [3.63, 3.8) is 0 Å². The van der Waals surface area contributed by atoms with Crippen LogP contribution in [-0.2, 0) is 6.18 Å². The van der Waals surface area contributed by atoms with Gasteiger partial charge in [0.15, 0.2) is 0 Å². The lowest BCUT2D eigenvalue weighted by Crippen LogP contribution is -2.45. The fourth-order valence-corrected chi connectivity index (χ4v) is 5.64. The van der Waals surface area contributed by atoms with Crippen LogP contribution in [0.1, 0.15) is 37.8 Å². The van der Waals surface area contributed by atoms with Crippen LogP contribution in [0.2, 0.25) is 0 Å². The van der Waals surface area contributed by atoms with Gasteiger partial charge in [-0.1, -0.05) is 18.2 Å². The van der Waals surface area contributed by atoms with E-state index in [0.29, 0.717) is 27.9 Å². The Morgan fingerprint density at radius 2 is 1.94 bits per heavy atom. The second-order valence-corrected chi connectivity index (χ2v) is 10.1. The molecule has 2 aromatic carbocycles. The summed E-state index contributed by atoms with van der Waals surface area (Å²) >= 11 is 1.31. The van der Waals surface area contributed by atoms with Gasteiger partial charge in [-0.2, -0.15) is 13.2 Å². The number of hydrogen-bond acceptors (Lipinski definition) is 4. The molecule has 1 aromatic heterocycles. The summed E-state index contributed by atoms with van der Waals surface area (Å²) in [5.74, 6) is -0.786.